The second kappa shape index (κ2) is 4.76. The summed E-state index contributed by atoms with van der Waals surface area (Å²) in [5.41, 5.74) is 1.79. The molecule has 2 aromatic rings. The van der Waals surface area contributed by atoms with Crippen LogP contribution in [0, 0.1) is 0 Å². The lowest BCUT2D eigenvalue weighted by molar-refractivity contribution is 0.297. The fourth-order valence-corrected chi connectivity index (χ4v) is 1.48. The molecule has 1 aromatic heterocycles. The smallest absolute Gasteiger partial charge is 0.119 e. The van der Waals surface area contributed by atoms with Gasteiger partial charge in [0.1, 0.15) is 5.75 Å². The first-order chi connectivity index (χ1) is 7.85. The first-order valence-electron chi connectivity index (χ1n) is 5.00. The van der Waals surface area contributed by atoms with Crippen molar-refractivity contribution >= 4 is 0 Å². The molecular formula is C11H13N3O2. The van der Waals surface area contributed by atoms with Gasteiger partial charge in [0.05, 0.1) is 24.7 Å². The van der Waals surface area contributed by atoms with Gasteiger partial charge in [-0.15, -0.1) is 5.10 Å². The first kappa shape index (κ1) is 10.6. The van der Waals surface area contributed by atoms with Crippen LogP contribution >= 0.6 is 0 Å². The van der Waals surface area contributed by atoms with Gasteiger partial charge in [-0.25, -0.2) is 4.68 Å². The van der Waals surface area contributed by atoms with Crippen LogP contribution in [0.25, 0.3) is 5.69 Å². The Morgan fingerprint density at radius 1 is 1.31 bits per heavy atom. The third kappa shape index (κ3) is 2.04. The van der Waals surface area contributed by atoms with Gasteiger partial charge < -0.3 is 9.84 Å². The second-order valence-corrected chi connectivity index (χ2v) is 3.31. The molecular weight excluding hydrogens is 206 g/mol. The van der Waals surface area contributed by atoms with E-state index < -0.39 is 0 Å². The van der Waals surface area contributed by atoms with Gasteiger partial charge in [-0.2, -0.15) is 0 Å². The molecule has 0 saturated carbocycles. The van der Waals surface area contributed by atoms with Crippen molar-refractivity contribution in [3.05, 3.63) is 36.2 Å². The predicted molar refractivity (Wildman–Crippen MR) is 58.7 cm³/mol. The van der Waals surface area contributed by atoms with Crippen molar-refractivity contribution in [1.82, 2.24) is 15.0 Å². The molecule has 16 heavy (non-hydrogen) atoms. The second-order valence-electron chi connectivity index (χ2n) is 3.31. The molecule has 0 aliphatic heterocycles. The SMILES string of the molecule is COc1ccc(-n2nncc2CCO)cc1. The van der Waals surface area contributed by atoms with E-state index in [0.29, 0.717) is 6.42 Å². The van der Waals surface area contributed by atoms with E-state index in [1.165, 1.54) is 0 Å². The molecule has 0 fully saturated rings. The maximum Gasteiger partial charge on any atom is 0.119 e. The first-order valence-corrected chi connectivity index (χ1v) is 5.00. The van der Waals surface area contributed by atoms with Gasteiger partial charge in [0.25, 0.3) is 0 Å². The summed E-state index contributed by atoms with van der Waals surface area (Å²) in [6.07, 6.45) is 2.19. The quantitative estimate of drug-likeness (QED) is 0.826. The predicted octanol–water partition coefficient (Wildman–Crippen LogP) is 0.811. The molecule has 0 unspecified atom stereocenters. The Labute approximate surface area is 93.3 Å². The molecule has 0 amide bonds. The number of aliphatic hydroxyl groups excluding tert-OH is 1. The number of methoxy groups -OCH3 is 1. The maximum absolute atomic E-state index is 8.90. The van der Waals surface area contributed by atoms with Gasteiger partial charge in [-0.3, -0.25) is 0 Å². The number of hydrogen-bond acceptors (Lipinski definition) is 4. The van der Waals surface area contributed by atoms with Gasteiger partial charge in [-0.1, -0.05) is 5.21 Å². The summed E-state index contributed by atoms with van der Waals surface area (Å²) in [5.74, 6) is 0.799. The zero-order chi connectivity index (χ0) is 11.4. The Morgan fingerprint density at radius 3 is 2.69 bits per heavy atom. The van der Waals surface area contributed by atoms with Crippen molar-refractivity contribution in [2.75, 3.05) is 13.7 Å². The lowest BCUT2D eigenvalue weighted by Crippen LogP contribution is -2.04. The van der Waals surface area contributed by atoms with Crippen molar-refractivity contribution in [3.63, 3.8) is 0 Å². The molecule has 0 saturated heterocycles. The Hall–Kier alpha value is -1.88. The molecule has 0 spiro atoms. The van der Waals surface area contributed by atoms with Crippen molar-refractivity contribution in [2.24, 2.45) is 0 Å². The van der Waals surface area contributed by atoms with E-state index in [1.54, 1.807) is 18.0 Å². The highest BCUT2D eigenvalue weighted by Gasteiger charge is 2.05. The van der Waals surface area contributed by atoms with Crippen LogP contribution in [0.2, 0.25) is 0 Å². The van der Waals surface area contributed by atoms with Gasteiger partial charge in [0.2, 0.25) is 0 Å². The largest absolute Gasteiger partial charge is 0.497 e. The Kier molecular flexibility index (Phi) is 3.16. The summed E-state index contributed by atoms with van der Waals surface area (Å²) in [7, 11) is 1.63. The van der Waals surface area contributed by atoms with Gasteiger partial charge >= 0.3 is 0 Å². The van der Waals surface area contributed by atoms with Crippen LogP contribution in [0.1, 0.15) is 5.69 Å². The number of aromatic nitrogens is 3. The molecule has 0 aliphatic carbocycles. The van der Waals surface area contributed by atoms with E-state index in [4.69, 9.17) is 9.84 Å². The molecule has 0 atom stereocenters. The van der Waals surface area contributed by atoms with Crippen molar-refractivity contribution in [2.45, 2.75) is 6.42 Å². The normalized spacial score (nSPS) is 10.4. The fraction of sp³-hybridized carbons (Fsp3) is 0.273. The molecule has 1 aromatic carbocycles. The minimum Gasteiger partial charge on any atom is -0.497 e. The summed E-state index contributed by atoms with van der Waals surface area (Å²) in [5, 5.41) is 16.7. The number of hydrogen-bond donors (Lipinski definition) is 1. The van der Waals surface area contributed by atoms with Crippen LogP contribution in [0.3, 0.4) is 0 Å². The van der Waals surface area contributed by atoms with E-state index in [-0.39, 0.29) is 6.61 Å². The Morgan fingerprint density at radius 2 is 2.06 bits per heavy atom. The van der Waals surface area contributed by atoms with Crippen LogP contribution < -0.4 is 4.74 Å². The third-order valence-electron chi connectivity index (χ3n) is 2.30. The molecule has 5 heteroatoms. The molecule has 1 N–H and O–H groups in total. The van der Waals surface area contributed by atoms with E-state index >= 15 is 0 Å². The molecule has 2 rings (SSSR count). The van der Waals surface area contributed by atoms with E-state index in [1.807, 2.05) is 24.3 Å². The number of rotatable bonds is 4. The van der Waals surface area contributed by atoms with Crippen molar-refractivity contribution in [3.8, 4) is 11.4 Å². The van der Waals surface area contributed by atoms with Crippen LogP contribution in [0.15, 0.2) is 30.5 Å². The van der Waals surface area contributed by atoms with Gasteiger partial charge in [0.15, 0.2) is 0 Å². The lowest BCUT2D eigenvalue weighted by Gasteiger charge is -2.05. The monoisotopic (exact) mass is 219 g/mol. The number of ether oxygens (including phenoxy) is 1. The third-order valence-corrected chi connectivity index (χ3v) is 2.30. The molecule has 0 radical (unpaired) electrons. The van der Waals surface area contributed by atoms with E-state index in [9.17, 15) is 0 Å². The van der Waals surface area contributed by atoms with Crippen molar-refractivity contribution < 1.29 is 9.84 Å². The summed E-state index contributed by atoms with van der Waals surface area (Å²) in [6, 6.07) is 7.52. The molecule has 5 nitrogen and oxygen atoms in total. The highest BCUT2D eigenvalue weighted by Crippen LogP contribution is 2.15. The molecule has 0 aliphatic rings. The van der Waals surface area contributed by atoms with Crippen LogP contribution in [0.4, 0.5) is 0 Å². The number of nitrogens with zero attached hydrogens (tertiary/aromatic N) is 3. The molecule has 84 valence electrons. The van der Waals surface area contributed by atoms with Gasteiger partial charge in [-0.05, 0) is 24.3 Å². The van der Waals surface area contributed by atoms with Crippen LogP contribution in [-0.4, -0.2) is 33.8 Å². The zero-order valence-electron chi connectivity index (χ0n) is 9.00. The average Bonchev–Trinajstić information content (AvgIpc) is 2.78. The molecule has 1 heterocycles. The van der Waals surface area contributed by atoms with E-state index in [0.717, 1.165) is 17.1 Å². The van der Waals surface area contributed by atoms with Crippen LogP contribution in [0.5, 0.6) is 5.75 Å². The summed E-state index contributed by atoms with van der Waals surface area (Å²) >= 11 is 0. The Bertz CT molecular complexity index is 451. The lowest BCUT2D eigenvalue weighted by atomic mass is 10.3. The Balaban J connectivity index is 2.31. The van der Waals surface area contributed by atoms with Crippen molar-refractivity contribution in [1.29, 1.82) is 0 Å². The minimum absolute atomic E-state index is 0.0868. The van der Waals surface area contributed by atoms with E-state index in [2.05, 4.69) is 10.3 Å². The standard InChI is InChI=1S/C11H13N3O2/c1-16-11-4-2-9(3-5-11)14-10(6-7-15)8-12-13-14/h2-5,8,15H,6-7H2,1H3. The fourth-order valence-electron chi connectivity index (χ4n) is 1.48. The summed E-state index contributed by atoms with van der Waals surface area (Å²) in [6.45, 7) is 0.0868. The highest BCUT2D eigenvalue weighted by atomic mass is 16.5. The average molecular weight is 219 g/mol. The number of benzene rings is 1. The summed E-state index contributed by atoms with van der Waals surface area (Å²) < 4.78 is 6.78. The summed E-state index contributed by atoms with van der Waals surface area (Å²) in [4.78, 5) is 0. The number of aliphatic hydroxyl groups is 1. The highest BCUT2D eigenvalue weighted by molar-refractivity contribution is 5.37. The molecule has 0 bridgehead atoms. The maximum atomic E-state index is 8.90. The zero-order valence-corrected chi connectivity index (χ0v) is 9.00. The topological polar surface area (TPSA) is 60.2 Å². The minimum atomic E-state index is 0.0868. The van der Waals surface area contributed by atoms with Gasteiger partial charge in [0, 0.05) is 13.0 Å². The van der Waals surface area contributed by atoms with Crippen LogP contribution in [-0.2, 0) is 6.42 Å².